The predicted octanol–water partition coefficient (Wildman–Crippen LogP) is 0.0156. The summed E-state index contributed by atoms with van der Waals surface area (Å²) < 4.78 is 22.8. The highest BCUT2D eigenvalue weighted by molar-refractivity contribution is 5.74. The van der Waals surface area contributed by atoms with Gasteiger partial charge in [-0.3, -0.25) is 0 Å². The van der Waals surface area contributed by atoms with Gasteiger partial charge in [0.2, 0.25) is 0 Å². The molecule has 2 aliphatic rings. The fourth-order valence-corrected chi connectivity index (χ4v) is 2.90. The third kappa shape index (κ3) is 2.60. The van der Waals surface area contributed by atoms with Gasteiger partial charge >= 0.3 is 6.03 Å². The number of ether oxygens (including phenoxy) is 2. The summed E-state index contributed by atoms with van der Waals surface area (Å²) >= 11 is 0. The molecule has 6 unspecified atom stereocenters. The Morgan fingerprint density at radius 1 is 1.55 bits per heavy atom. The Kier molecular flexibility index (Phi) is 4.51. The molecule has 2 fully saturated rings. The average Bonchev–Trinajstić information content (AvgIpc) is 3.15. The number of nitroso groups, excluding NO2 is 1. The van der Waals surface area contributed by atoms with Crippen molar-refractivity contribution in [2.75, 3.05) is 20.3 Å². The van der Waals surface area contributed by atoms with E-state index in [0.717, 1.165) is 0 Å². The van der Waals surface area contributed by atoms with E-state index in [2.05, 4.69) is 10.6 Å². The number of halogens is 1. The summed E-state index contributed by atoms with van der Waals surface area (Å²) in [5, 5.41) is 15.2. The first kappa shape index (κ1) is 15.1. The molecule has 1 aliphatic heterocycles. The number of amides is 2. The van der Waals surface area contributed by atoms with Crippen LogP contribution in [0.2, 0.25) is 0 Å². The van der Waals surface area contributed by atoms with E-state index in [1.807, 2.05) is 6.92 Å². The lowest BCUT2D eigenvalue weighted by Gasteiger charge is -2.31. The van der Waals surface area contributed by atoms with Crippen LogP contribution >= 0.6 is 0 Å². The van der Waals surface area contributed by atoms with E-state index >= 15 is 0 Å². The Morgan fingerprint density at radius 3 is 2.80 bits per heavy atom. The molecule has 20 heavy (non-hydrogen) atoms. The zero-order valence-corrected chi connectivity index (χ0v) is 11.2. The summed E-state index contributed by atoms with van der Waals surface area (Å²) in [5.41, 5.74) is 0. The molecule has 2 amide bonds. The number of carbonyl (C=O) groups is 1. The molecule has 0 aromatic carbocycles. The van der Waals surface area contributed by atoms with Crippen LogP contribution in [0.1, 0.15) is 6.92 Å². The molecule has 1 aliphatic carbocycles. The summed E-state index contributed by atoms with van der Waals surface area (Å²) in [5.74, 6) is -0.0194. The van der Waals surface area contributed by atoms with Crippen molar-refractivity contribution in [2.45, 2.75) is 31.5 Å². The number of urea groups is 1. The maximum absolute atomic E-state index is 12.2. The highest BCUT2D eigenvalue weighted by Crippen LogP contribution is 2.51. The molecule has 2 N–H and O–H groups in total. The molecule has 114 valence electrons. The lowest BCUT2D eigenvalue weighted by atomic mass is 10.0. The monoisotopic (exact) mass is 291 g/mol. The zero-order valence-electron chi connectivity index (χ0n) is 11.2. The Labute approximate surface area is 115 Å². The lowest BCUT2D eigenvalue weighted by Crippen LogP contribution is -2.53. The van der Waals surface area contributed by atoms with Crippen LogP contribution in [-0.2, 0) is 9.47 Å². The van der Waals surface area contributed by atoms with Crippen LogP contribution in [0.5, 0.6) is 0 Å². The molecular formula is C11H18FN3O5. The minimum Gasteiger partial charge on any atom is -0.381 e. The van der Waals surface area contributed by atoms with Crippen molar-refractivity contribution in [3.8, 4) is 0 Å². The first-order valence-corrected chi connectivity index (χ1v) is 6.38. The Bertz CT molecular complexity index is 385. The molecule has 1 saturated carbocycles. The smallest absolute Gasteiger partial charge is 0.340 e. The molecule has 0 bridgehead atoms. The van der Waals surface area contributed by atoms with Gasteiger partial charge in [0, 0.05) is 18.9 Å². The molecule has 0 aromatic rings. The number of alkyl halides is 1. The maximum Gasteiger partial charge on any atom is 0.340 e. The van der Waals surface area contributed by atoms with Crippen molar-refractivity contribution in [1.29, 1.82) is 0 Å². The fourth-order valence-electron chi connectivity index (χ4n) is 2.90. The number of rotatable bonds is 5. The van der Waals surface area contributed by atoms with Gasteiger partial charge < -0.3 is 19.9 Å². The molecule has 1 heterocycles. The number of carbonyl (C=O) groups excluding carboxylic acids is 1. The second kappa shape index (κ2) is 5.98. The van der Waals surface area contributed by atoms with Gasteiger partial charge in [0.25, 0.3) is 0 Å². The zero-order chi connectivity index (χ0) is 14.9. The first-order chi connectivity index (χ1) is 9.54. The van der Waals surface area contributed by atoms with Gasteiger partial charge in [-0.25, -0.2) is 9.18 Å². The lowest BCUT2D eigenvalue weighted by molar-refractivity contribution is -0.175. The van der Waals surface area contributed by atoms with Crippen molar-refractivity contribution in [2.24, 2.45) is 17.1 Å². The summed E-state index contributed by atoms with van der Waals surface area (Å²) in [4.78, 5) is 22.2. The minimum atomic E-state index is -1.20. The number of methoxy groups -OCH3 is 1. The van der Waals surface area contributed by atoms with Crippen LogP contribution < -0.4 is 5.32 Å². The van der Waals surface area contributed by atoms with Gasteiger partial charge in [0.05, 0.1) is 30.1 Å². The van der Waals surface area contributed by atoms with Gasteiger partial charge in [-0.1, -0.05) is 0 Å². The quantitative estimate of drug-likeness (QED) is 0.549. The third-order valence-corrected chi connectivity index (χ3v) is 3.87. The van der Waals surface area contributed by atoms with Gasteiger partial charge in [0.15, 0.2) is 6.29 Å². The molecular weight excluding hydrogens is 273 g/mol. The Balaban J connectivity index is 2.01. The number of nitrogens with one attached hydrogen (secondary N) is 1. The Morgan fingerprint density at radius 2 is 2.25 bits per heavy atom. The van der Waals surface area contributed by atoms with E-state index in [1.165, 1.54) is 0 Å². The summed E-state index contributed by atoms with van der Waals surface area (Å²) in [6.45, 7) is 0.504. The van der Waals surface area contributed by atoms with E-state index < -0.39 is 31.6 Å². The molecule has 6 atom stereocenters. The van der Waals surface area contributed by atoms with Crippen molar-refractivity contribution < 1.29 is 23.8 Å². The molecule has 0 aromatic heterocycles. The SMILES string of the molecule is COC1C2C(C)OC(O)C(NC(=O)N(CCF)N=O)C12. The average molecular weight is 291 g/mol. The van der Waals surface area contributed by atoms with Crippen molar-refractivity contribution in [3.05, 3.63) is 4.91 Å². The number of hydrogen-bond acceptors (Lipinski definition) is 6. The van der Waals surface area contributed by atoms with Crippen molar-refractivity contribution in [3.63, 3.8) is 0 Å². The van der Waals surface area contributed by atoms with Crippen LogP contribution in [0.25, 0.3) is 0 Å². The first-order valence-electron chi connectivity index (χ1n) is 6.38. The van der Waals surface area contributed by atoms with Crippen molar-refractivity contribution >= 4 is 6.03 Å². The molecule has 8 nitrogen and oxygen atoms in total. The van der Waals surface area contributed by atoms with E-state index in [9.17, 15) is 19.2 Å². The largest absolute Gasteiger partial charge is 0.381 e. The van der Waals surface area contributed by atoms with Crippen LogP contribution in [0.15, 0.2) is 5.29 Å². The third-order valence-electron chi connectivity index (χ3n) is 3.87. The van der Waals surface area contributed by atoms with Gasteiger partial charge in [-0.15, -0.1) is 4.91 Å². The van der Waals surface area contributed by atoms with Gasteiger partial charge in [-0.2, -0.15) is 5.01 Å². The highest BCUT2D eigenvalue weighted by Gasteiger charge is 2.63. The molecule has 9 heteroatoms. The normalized spacial score (nSPS) is 38.8. The van der Waals surface area contributed by atoms with Crippen LogP contribution in [0.4, 0.5) is 9.18 Å². The number of nitrogens with zero attached hydrogens (tertiary/aromatic N) is 2. The number of fused-ring (bicyclic) bond motifs is 1. The van der Waals surface area contributed by atoms with Gasteiger partial charge in [0.1, 0.15) is 6.67 Å². The van der Waals surface area contributed by atoms with E-state index in [-0.39, 0.29) is 24.0 Å². The topological polar surface area (TPSA) is 100 Å². The molecule has 1 saturated heterocycles. The van der Waals surface area contributed by atoms with Crippen LogP contribution in [-0.4, -0.2) is 61.0 Å². The van der Waals surface area contributed by atoms with E-state index in [0.29, 0.717) is 5.01 Å². The summed E-state index contributed by atoms with van der Waals surface area (Å²) in [7, 11) is 1.54. The van der Waals surface area contributed by atoms with E-state index in [1.54, 1.807) is 7.11 Å². The fraction of sp³-hybridized carbons (Fsp3) is 0.909. The highest BCUT2D eigenvalue weighted by atomic mass is 19.1. The minimum absolute atomic E-state index is 0.0764. The number of aliphatic hydroxyl groups is 1. The van der Waals surface area contributed by atoms with Crippen LogP contribution in [0.3, 0.4) is 0 Å². The maximum atomic E-state index is 12.2. The molecule has 2 rings (SSSR count). The van der Waals surface area contributed by atoms with Crippen LogP contribution in [0, 0.1) is 16.7 Å². The second-order valence-corrected chi connectivity index (χ2v) is 4.96. The Hall–Kier alpha value is -1.32. The number of aliphatic hydroxyl groups excluding tert-OH is 1. The van der Waals surface area contributed by atoms with Gasteiger partial charge in [-0.05, 0) is 6.92 Å². The molecule has 0 spiro atoms. The van der Waals surface area contributed by atoms with Crippen molar-refractivity contribution in [1.82, 2.24) is 10.3 Å². The standard InChI is InChI=1S/C11H18FN3O5/c1-5-6-7(9(6)19-2)8(10(16)20-5)13-11(17)15(14-18)4-3-12/h5-10,16H,3-4H2,1-2H3,(H,13,17). The predicted molar refractivity (Wildman–Crippen MR) is 65.1 cm³/mol. The number of hydrogen-bond donors (Lipinski definition) is 2. The second-order valence-electron chi connectivity index (χ2n) is 4.96. The molecule has 0 radical (unpaired) electrons. The summed E-state index contributed by atoms with van der Waals surface area (Å²) in [6, 6.07) is -1.57. The van der Waals surface area contributed by atoms with E-state index in [4.69, 9.17) is 9.47 Å². The summed E-state index contributed by atoms with van der Waals surface area (Å²) in [6.07, 6.45) is -1.50.